The molecule has 0 saturated heterocycles. The normalized spacial score (nSPS) is 9.71. The number of anilines is 1. The molecule has 0 fully saturated rings. The van der Waals surface area contributed by atoms with Crippen molar-refractivity contribution < 1.29 is 4.92 Å². The molecular formula is C12H15N3O2. The lowest BCUT2D eigenvalue weighted by Gasteiger charge is -2.21. The van der Waals surface area contributed by atoms with E-state index in [2.05, 4.69) is 6.07 Å². The fourth-order valence-electron chi connectivity index (χ4n) is 1.68. The van der Waals surface area contributed by atoms with Crippen LogP contribution in [0.4, 0.5) is 11.4 Å². The van der Waals surface area contributed by atoms with Gasteiger partial charge in [0.2, 0.25) is 0 Å². The maximum atomic E-state index is 10.9. The summed E-state index contributed by atoms with van der Waals surface area (Å²) in [4.78, 5) is 12.4. The number of nitro groups is 1. The number of benzene rings is 1. The molecule has 0 unspecified atom stereocenters. The van der Waals surface area contributed by atoms with E-state index in [0.717, 1.165) is 5.56 Å². The van der Waals surface area contributed by atoms with E-state index in [0.29, 0.717) is 25.2 Å². The van der Waals surface area contributed by atoms with E-state index in [4.69, 9.17) is 5.26 Å². The van der Waals surface area contributed by atoms with E-state index < -0.39 is 0 Å². The van der Waals surface area contributed by atoms with Crippen molar-refractivity contribution in [1.82, 2.24) is 0 Å². The molecule has 1 aromatic carbocycles. The third-order valence-corrected chi connectivity index (χ3v) is 2.54. The molecule has 17 heavy (non-hydrogen) atoms. The zero-order chi connectivity index (χ0) is 12.8. The minimum absolute atomic E-state index is 0.0930. The first kappa shape index (κ1) is 13.0. The molecule has 0 N–H and O–H groups in total. The SMILES string of the molecule is CCN(CCC#N)c1cc(C)ccc1[N+](=O)[O-]. The lowest BCUT2D eigenvalue weighted by molar-refractivity contribution is -0.384. The Bertz CT molecular complexity index is 452. The molecule has 0 saturated carbocycles. The number of nitriles is 1. The van der Waals surface area contributed by atoms with E-state index in [1.54, 1.807) is 12.1 Å². The summed E-state index contributed by atoms with van der Waals surface area (Å²) in [5.74, 6) is 0. The molecule has 5 nitrogen and oxygen atoms in total. The van der Waals surface area contributed by atoms with E-state index >= 15 is 0 Å². The third-order valence-electron chi connectivity index (χ3n) is 2.54. The summed E-state index contributed by atoms with van der Waals surface area (Å²) in [7, 11) is 0. The highest BCUT2D eigenvalue weighted by Gasteiger charge is 2.18. The average Bonchev–Trinajstić information content (AvgIpc) is 2.29. The standard InChI is InChI=1S/C12H15N3O2/c1-3-14(8-4-7-13)12-9-10(2)5-6-11(12)15(16)17/h5-6,9H,3-4,8H2,1-2H3. The Hall–Kier alpha value is -2.09. The highest BCUT2D eigenvalue weighted by Crippen LogP contribution is 2.29. The van der Waals surface area contributed by atoms with Crippen molar-refractivity contribution in [2.75, 3.05) is 18.0 Å². The second-order valence-corrected chi connectivity index (χ2v) is 3.74. The Morgan fingerprint density at radius 3 is 2.76 bits per heavy atom. The topological polar surface area (TPSA) is 70.2 Å². The molecule has 90 valence electrons. The van der Waals surface area contributed by atoms with Crippen LogP contribution in [0.15, 0.2) is 18.2 Å². The van der Waals surface area contributed by atoms with Crippen molar-refractivity contribution >= 4 is 11.4 Å². The minimum atomic E-state index is -0.385. The van der Waals surface area contributed by atoms with Gasteiger partial charge in [0.1, 0.15) is 5.69 Å². The molecule has 1 aromatic rings. The monoisotopic (exact) mass is 233 g/mol. The predicted octanol–water partition coefficient (Wildman–Crippen LogP) is 2.64. The number of aryl methyl sites for hydroxylation is 1. The summed E-state index contributed by atoms with van der Waals surface area (Å²) >= 11 is 0. The van der Waals surface area contributed by atoms with Crippen molar-refractivity contribution in [1.29, 1.82) is 5.26 Å². The molecule has 0 heterocycles. The zero-order valence-corrected chi connectivity index (χ0v) is 10.0. The molecule has 0 aliphatic rings. The molecular weight excluding hydrogens is 218 g/mol. The van der Waals surface area contributed by atoms with Crippen LogP contribution in [0.1, 0.15) is 18.9 Å². The summed E-state index contributed by atoms with van der Waals surface area (Å²) < 4.78 is 0. The maximum Gasteiger partial charge on any atom is 0.292 e. The second kappa shape index (κ2) is 5.85. The first-order chi connectivity index (χ1) is 8.10. The smallest absolute Gasteiger partial charge is 0.292 e. The van der Waals surface area contributed by atoms with E-state index in [1.165, 1.54) is 6.07 Å². The van der Waals surface area contributed by atoms with Gasteiger partial charge in [-0.1, -0.05) is 6.07 Å². The third kappa shape index (κ3) is 3.18. The van der Waals surface area contributed by atoms with Crippen molar-refractivity contribution in [2.45, 2.75) is 20.3 Å². The zero-order valence-electron chi connectivity index (χ0n) is 10.0. The minimum Gasteiger partial charge on any atom is -0.365 e. The van der Waals surface area contributed by atoms with E-state index in [9.17, 15) is 10.1 Å². The van der Waals surface area contributed by atoms with Gasteiger partial charge in [-0.2, -0.15) is 5.26 Å². The van der Waals surface area contributed by atoms with Crippen molar-refractivity contribution in [3.63, 3.8) is 0 Å². The van der Waals surface area contributed by atoms with Gasteiger partial charge in [-0.15, -0.1) is 0 Å². The Labute approximate surface area is 100 Å². The summed E-state index contributed by atoms with van der Waals surface area (Å²) in [6.45, 7) is 4.97. The van der Waals surface area contributed by atoms with Crippen LogP contribution in [-0.4, -0.2) is 18.0 Å². The number of nitrogens with zero attached hydrogens (tertiary/aromatic N) is 3. The Morgan fingerprint density at radius 1 is 1.53 bits per heavy atom. The van der Waals surface area contributed by atoms with Crippen LogP contribution in [0.3, 0.4) is 0 Å². The first-order valence-electron chi connectivity index (χ1n) is 5.47. The van der Waals surface area contributed by atoms with Gasteiger partial charge in [0.05, 0.1) is 17.4 Å². The molecule has 0 aliphatic heterocycles. The Balaban J connectivity index is 3.12. The fraction of sp³-hybridized carbons (Fsp3) is 0.417. The molecule has 0 radical (unpaired) electrons. The predicted molar refractivity (Wildman–Crippen MR) is 66.0 cm³/mol. The summed E-state index contributed by atoms with van der Waals surface area (Å²) in [5, 5.41) is 19.5. The van der Waals surface area contributed by atoms with Crippen LogP contribution in [-0.2, 0) is 0 Å². The van der Waals surface area contributed by atoms with Gasteiger partial charge in [-0.3, -0.25) is 10.1 Å². The Morgan fingerprint density at radius 2 is 2.24 bits per heavy atom. The second-order valence-electron chi connectivity index (χ2n) is 3.74. The van der Waals surface area contributed by atoms with Crippen LogP contribution in [0.5, 0.6) is 0 Å². The first-order valence-corrected chi connectivity index (χ1v) is 5.47. The van der Waals surface area contributed by atoms with Gasteiger partial charge < -0.3 is 4.90 Å². The van der Waals surface area contributed by atoms with Gasteiger partial charge >= 0.3 is 0 Å². The summed E-state index contributed by atoms with van der Waals surface area (Å²) in [6, 6.07) is 7.08. The van der Waals surface area contributed by atoms with Gasteiger partial charge in [0, 0.05) is 19.2 Å². The largest absolute Gasteiger partial charge is 0.365 e. The van der Waals surface area contributed by atoms with Gasteiger partial charge in [-0.05, 0) is 25.5 Å². The molecule has 1 rings (SSSR count). The molecule has 0 atom stereocenters. The number of hydrogen-bond donors (Lipinski definition) is 0. The molecule has 0 bridgehead atoms. The lowest BCUT2D eigenvalue weighted by Crippen LogP contribution is -2.24. The number of nitro benzene ring substituents is 1. The fourth-order valence-corrected chi connectivity index (χ4v) is 1.68. The van der Waals surface area contributed by atoms with Crippen molar-refractivity contribution in [3.8, 4) is 6.07 Å². The highest BCUT2D eigenvalue weighted by atomic mass is 16.6. The Kier molecular flexibility index (Phi) is 4.46. The summed E-state index contributed by atoms with van der Waals surface area (Å²) in [6.07, 6.45) is 0.360. The molecule has 0 aliphatic carbocycles. The molecule has 0 amide bonds. The quantitative estimate of drug-likeness (QED) is 0.579. The number of rotatable bonds is 5. The van der Waals surface area contributed by atoms with E-state index in [1.807, 2.05) is 18.7 Å². The summed E-state index contributed by atoms with van der Waals surface area (Å²) in [5.41, 5.74) is 1.66. The van der Waals surface area contributed by atoms with Gasteiger partial charge in [0.25, 0.3) is 5.69 Å². The van der Waals surface area contributed by atoms with Crippen LogP contribution in [0.2, 0.25) is 0 Å². The molecule has 0 spiro atoms. The van der Waals surface area contributed by atoms with E-state index in [-0.39, 0.29) is 10.6 Å². The molecule has 0 aromatic heterocycles. The van der Waals surface area contributed by atoms with Gasteiger partial charge in [-0.25, -0.2) is 0 Å². The van der Waals surface area contributed by atoms with Crippen molar-refractivity contribution in [2.24, 2.45) is 0 Å². The maximum absolute atomic E-state index is 10.9. The van der Waals surface area contributed by atoms with Crippen LogP contribution < -0.4 is 4.90 Å². The molecule has 5 heteroatoms. The lowest BCUT2D eigenvalue weighted by atomic mass is 10.1. The van der Waals surface area contributed by atoms with Crippen LogP contribution in [0.25, 0.3) is 0 Å². The highest BCUT2D eigenvalue weighted by molar-refractivity contribution is 5.64. The van der Waals surface area contributed by atoms with Crippen LogP contribution in [0, 0.1) is 28.4 Å². The van der Waals surface area contributed by atoms with Crippen molar-refractivity contribution in [3.05, 3.63) is 33.9 Å². The average molecular weight is 233 g/mol. The number of hydrogen-bond acceptors (Lipinski definition) is 4. The van der Waals surface area contributed by atoms with Gasteiger partial charge in [0.15, 0.2) is 0 Å². The van der Waals surface area contributed by atoms with Crippen LogP contribution >= 0.6 is 0 Å².